The zero-order valence-electron chi connectivity index (χ0n) is 20.9. The van der Waals surface area contributed by atoms with Crippen LogP contribution in [0.3, 0.4) is 0 Å². The highest BCUT2D eigenvalue weighted by Crippen LogP contribution is 2.29. The Kier molecular flexibility index (Phi) is 11.0. The number of rotatable bonds is 13. The first-order valence-electron chi connectivity index (χ1n) is 11.6. The molecule has 0 aliphatic heterocycles. The number of hydrogen-bond acceptors (Lipinski definition) is 8. The van der Waals surface area contributed by atoms with E-state index >= 15 is 0 Å². The number of aromatic nitrogens is 1. The molecule has 1 N–H and O–H groups in total. The smallest absolute Gasteiger partial charge is 0.328 e. The van der Waals surface area contributed by atoms with Crippen LogP contribution < -0.4 is 14.8 Å². The van der Waals surface area contributed by atoms with Crippen molar-refractivity contribution in [1.82, 2.24) is 10.3 Å². The van der Waals surface area contributed by atoms with E-state index < -0.39 is 30.7 Å². The number of amides is 1. The van der Waals surface area contributed by atoms with Crippen molar-refractivity contribution in [3.63, 3.8) is 0 Å². The highest BCUT2D eigenvalue weighted by atomic mass is 16.7. The zero-order valence-corrected chi connectivity index (χ0v) is 20.9. The third-order valence-electron chi connectivity index (χ3n) is 5.40. The van der Waals surface area contributed by atoms with Crippen molar-refractivity contribution < 1.29 is 33.3 Å². The zero-order chi connectivity index (χ0) is 25.8. The molecule has 2 rings (SSSR count). The number of ether oxygens (including phenoxy) is 4. The molecular formula is C26H34N2O7. The first-order valence-corrected chi connectivity index (χ1v) is 11.6. The summed E-state index contributed by atoms with van der Waals surface area (Å²) in [5.41, 5.74) is 1.13. The summed E-state index contributed by atoms with van der Waals surface area (Å²) in [5, 5.41) is 2.58. The average Bonchev–Trinajstić information content (AvgIpc) is 2.83. The molecule has 1 amide bonds. The molecule has 190 valence electrons. The van der Waals surface area contributed by atoms with Gasteiger partial charge >= 0.3 is 11.9 Å². The number of hydrogen-bond donors (Lipinski definition) is 1. The summed E-state index contributed by atoms with van der Waals surface area (Å²) < 4.78 is 21.0. The van der Waals surface area contributed by atoms with E-state index in [1.165, 1.54) is 38.8 Å². The molecule has 1 aromatic heterocycles. The molecule has 3 unspecified atom stereocenters. The van der Waals surface area contributed by atoms with Crippen molar-refractivity contribution in [2.45, 2.75) is 59.1 Å². The Bertz CT molecular complexity index is 981. The van der Waals surface area contributed by atoms with Gasteiger partial charge in [0.25, 0.3) is 5.91 Å². The first-order chi connectivity index (χ1) is 16.7. The van der Waals surface area contributed by atoms with Crippen LogP contribution >= 0.6 is 0 Å². The Balaban J connectivity index is 1.96. The predicted octanol–water partition coefficient (Wildman–Crippen LogP) is 3.70. The minimum atomic E-state index is -0.923. The van der Waals surface area contributed by atoms with Crippen LogP contribution in [0, 0.1) is 5.92 Å². The fraction of sp³-hybridized carbons (Fsp3) is 0.462. The van der Waals surface area contributed by atoms with Crippen LogP contribution in [0.1, 0.15) is 56.6 Å². The van der Waals surface area contributed by atoms with E-state index in [4.69, 9.17) is 18.9 Å². The number of carbonyl (C=O) groups is 3. The lowest BCUT2D eigenvalue weighted by Gasteiger charge is -2.22. The molecule has 1 heterocycles. The molecule has 0 spiro atoms. The van der Waals surface area contributed by atoms with E-state index in [1.807, 2.05) is 25.1 Å². The molecule has 0 bridgehead atoms. The lowest BCUT2D eigenvalue weighted by atomic mass is 9.92. The van der Waals surface area contributed by atoms with Gasteiger partial charge in [-0.15, -0.1) is 0 Å². The normalized spacial score (nSPS) is 13.2. The van der Waals surface area contributed by atoms with Crippen molar-refractivity contribution in [2.24, 2.45) is 5.92 Å². The number of benzene rings is 1. The quantitative estimate of drug-likeness (QED) is 0.337. The molecule has 0 aliphatic carbocycles. The van der Waals surface area contributed by atoms with Gasteiger partial charge in [-0.2, -0.15) is 0 Å². The van der Waals surface area contributed by atoms with Crippen LogP contribution in [0.5, 0.6) is 11.5 Å². The Morgan fingerprint density at radius 1 is 1.09 bits per heavy atom. The predicted molar refractivity (Wildman–Crippen MR) is 129 cm³/mol. The van der Waals surface area contributed by atoms with E-state index in [9.17, 15) is 14.4 Å². The second-order valence-electron chi connectivity index (χ2n) is 8.23. The lowest BCUT2D eigenvalue weighted by molar-refractivity contribution is -0.151. The molecule has 0 aliphatic rings. The standard InChI is InChI=1S/C26H34N2O7/c1-6-20(15-21-10-8-7-9-11-21)14-17(2)35-26(31)18(3)28-25(30)23-24(34-16-33-19(4)29)22(32-5)12-13-27-23/h7-13,17-18,20H,6,14-16H2,1-5H3,(H,28,30). The van der Waals surface area contributed by atoms with Gasteiger partial charge in [-0.3, -0.25) is 9.59 Å². The van der Waals surface area contributed by atoms with Gasteiger partial charge in [0.05, 0.1) is 13.2 Å². The third-order valence-corrected chi connectivity index (χ3v) is 5.40. The molecule has 2 aromatic rings. The van der Waals surface area contributed by atoms with Crippen LogP contribution in [0.25, 0.3) is 0 Å². The van der Waals surface area contributed by atoms with Gasteiger partial charge in [0.15, 0.2) is 17.2 Å². The summed E-state index contributed by atoms with van der Waals surface area (Å²) in [6.45, 7) is 6.32. The van der Waals surface area contributed by atoms with Crippen molar-refractivity contribution in [3.8, 4) is 11.5 Å². The van der Waals surface area contributed by atoms with Crippen LogP contribution in [-0.2, 0) is 25.5 Å². The monoisotopic (exact) mass is 486 g/mol. The number of nitrogens with zero attached hydrogens (tertiary/aromatic N) is 1. The summed E-state index contributed by atoms with van der Waals surface area (Å²) in [7, 11) is 1.40. The van der Waals surface area contributed by atoms with Crippen molar-refractivity contribution in [2.75, 3.05) is 13.9 Å². The highest BCUT2D eigenvalue weighted by Gasteiger charge is 2.25. The largest absolute Gasteiger partial charge is 0.493 e. The Labute approximate surface area is 206 Å². The molecule has 0 radical (unpaired) electrons. The minimum absolute atomic E-state index is 0.00520. The molecule has 0 saturated carbocycles. The summed E-state index contributed by atoms with van der Waals surface area (Å²) in [5.74, 6) is -1.17. The number of carbonyl (C=O) groups excluding carboxylic acids is 3. The van der Waals surface area contributed by atoms with Crippen molar-refractivity contribution >= 4 is 17.8 Å². The Hall–Kier alpha value is -3.62. The molecule has 1 aromatic carbocycles. The molecule has 9 nitrogen and oxygen atoms in total. The van der Waals surface area contributed by atoms with Crippen LogP contribution in [0.4, 0.5) is 0 Å². The number of esters is 2. The van der Waals surface area contributed by atoms with Gasteiger partial charge in [0, 0.05) is 19.2 Å². The molecule has 0 saturated heterocycles. The van der Waals surface area contributed by atoms with Crippen molar-refractivity contribution in [1.29, 1.82) is 0 Å². The molecule has 0 fully saturated rings. The average molecular weight is 487 g/mol. The molecule has 35 heavy (non-hydrogen) atoms. The van der Waals surface area contributed by atoms with Gasteiger partial charge in [0.1, 0.15) is 6.04 Å². The maximum Gasteiger partial charge on any atom is 0.328 e. The Morgan fingerprint density at radius 2 is 1.80 bits per heavy atom. The number of nitrogens with one attached hydrogen (secondary N) is 1. The fourth-order valence-corrected chi connectivity index (χ4v) is 3.55. The van der Waals surface area contributed by atoms with E-state index in [-0.39, 0.29) is 23.3 Å². The van der Waals surface area contributed by atoms with Crippen molar-refractivity contribution in [3.05, 3.63) is 53.9 Å². The lowest BCUT2D eigenvalue weighted by Crippen LogP contribution is -2.41. The molecule has 9 heteroatoms. The van der Waals surface area contributed by atoms with E-state index in [1.54, 1.807) is 0 Å². The first kappa shape index (κ1) is 27.6. The molecule has 3 atom stereocenters. The van der Waals surface area contributed by atoms with Gasteiger partial charge in [-0.1, -0.05) is 43.7 Å². The van der Waals surface area contributed by atoms with E-state index in [0.717, 1.165) is 12.8 Å². The number of pyridine rings is 1. The van der Waals surface area contributed by atoms with Crippen LogP contribution in [-0.4, -0.2) is 48.9 Å². The van der Waals surface area contributed by atoms with Crippen LogP contribution in [0.15, 0.2) is 42.6 Å². The summed E-state index contributed by atoms with van der Waals surface area (Å²) in [4.78, 5) is 40.5. The summed E-state index contributed by atoms with van der Waals surface area (Å²) >= 11 is 0. The highest BCUT2D eigenvalue weighted by molar-refractivity contribution is 5.98. The third kappa shape index (κ3) is 8.92. The van der Waals surface area contributed by atoms with Gasteiger partial charge in [0.2, 0.25) is 6.79 Å². The molecular weight excluding hydrogens is 452 g/mol. The van der Waals surface area contributed by atoms with E-state index in [2.05, 4.69) is 29.4 Å². The second-order valence-corrected chi connectivity index (χ2v) is 8.23. The topological polar surface area (TPSA) is 113 Å². The SMILES string of the molecule is CCC(Cc1ccccc1)CC(C)OC(=O)C(C)NC(=O)c1nccc(OC)c1OCOC(C)=O. The number of methoxy groups -OCH3 is 1. The van der Waals surface area contributed by atoms with Gasteiger partial charge < -0.3 is 24.3 Å². The maximum absolute atomic E-state index is 12.8. The van der Waals surface area contributed by atoms with E-state index in [0.29, 0.717) is 12.3 Å². The maximum atomic E-state index is 12.8. The van der Waals surface area contributed by atoms with Gasteiger partial charge in [-0.05, 0) is 38.2 Å². The minimum Gasteiger partial charge on any atom is -0.493 e. The fourth-order valence-electron chi connectivity index (χ4n) is 3.55. The summed E-state index contributed by atoms with van der Waals surface area (Å²) in [6, 6.07) is 10.8. The van der Waals surface area contributed by atoms with Gasteiger partial charge in [-0.25, -0.2) is 9.78 Å². The Morgan fingerprint density at radius 3 is 2.43 bits per heavy atom. The second kappa shape index (κ2) is 13.9. The summed E-state index contributed by atoms with van der Waals surface area (Å²) in [6.07, 6.45) is 3.63. The van der Waals surface area contributed by atoms with Crippen LogP contribution in [0.2, 0.25) is 0 Å².